The monoisotopic (exact) mass is 236 g/mol. The lowest BCUT2D eigenvalue weighted by Crippen LogP contribution is -2.21. The quantitative estimate of drug-likeness (QED) is 0.870. The van der Waals surface area contributed by atoms with Crippen LogP contribution >= 0.6 is 0 Å². The van der Waals surface area contributed by atoms with Crippen LogP contribution in [0.3, 0.4) is 0 Å². The van der Waals surface area contributed by atoms with E-state index in [1.54, 1.807) is 20.3 Å². The third-order valence-corrected chi connectivity index (χ3v) is 3.47. The van der Waals surface area contributed by atoms with Gasteiger partial charge in [-0.1, -0.05) is 6.07 Å². The molecular formula is C13H16O4. The highest BCUT2D eigenvalue weighted by Crippen LogP contribution is 2.51. The van der Waals surface area contributed by atoms with Crippen LogP contribution in [0.5, 0.6) is 11.5 Å². The zero-order valence-corrected chi connectivity index (χ0v) is 10.2. The number of hydrogen-bond donors (Lipinski definition) is 1. The van der Waals surface area contributed by atoms with Crippen molar-refractivity contribution in [3.63, 3.8) is 0 Å². The maximum atomic E-state index is 11.3. The molecule has 0 aromatic heterocycles. The Kier molecular flexibility index (Phi) is 2.73. The van der Waals surface area contributed by atoms with Gasteiger partial charge >= 0.3 is 5.97 Å². The zero-order valence-electron chi connectivity index (χ0n) is 10.2. The molecule has 1 aromatic carbocycles. The molecule has 0 radical (unpaired) electrons. The van der Waals surface area contributed by atoms with Gasteiger partial charge in [0.05, 0.1) is 19.6 Å². The summed E-state index contributed by atoms with van der Waals surface area (Å²) in [5.74, 6) is 0.500. The number of carboxylic acid groups (broad SMARTS) is 1. The number of hydrogen-bond acceptors (Lipinski definition) is 3. The Bertz CT molecular complexity index is 461. The second-order valence-corrected chi connectivity index (χ2v) is 4.36. The van der Waals surface area contributed by atoms with Crippen LogP contribution in [0, 0.1) is 6.92 Å². The molecule has 0 heterocycles. The summed E-state index contributed by atoms with van der Waals surface area (Å²) in [4.78, 5) is 11.3. The van der Waals surface area contributed by atoms with Crippen LogP contribution in [0.2, 0.25) is 0 Å². The van der Waals surface area contributed by atoms with Crippen molar-refractivity contribution in [1.82, 2.24) is 0 Å². The fourth-order valence-electron chi connectivity index (χ4n) is 2.32. The molecular weight excluding hydrogens is 220 g/mol. The minimum atomic E-state index is -0.757. The third-order valence-electron chi connectivity index (χ3n) is 3.47. The first kappa shape index (κ1) is 11.8. The number of aliphatic carboxylic acids is 1. The summed E-state index contributed by atoms with van der Waals surface area (Å²) < 4.78 is 10.5. The number of methoxy groups -OCH3 is 2. The molecule has 4 nitrogen and oxygen atoms in total. The summed E-state index contributed by atoms with van der Waals surface area (Å²) in [7, 11) is 3.13. The number of benzene rings is 1. The van der Waals surface area contributed by atoms with E-state index >= 15 is 0 Å². The normalized spacial score (nSPS) is 16.4. The predicted molar refractivity (Wildman–Crippen MR) is 62.8 cm³/mol. The highest BCUT2D eigenvalue weighted by molar-refractivity contribution is 5.86. The van der Waals surface area contributed by atoms with Crippen molar-refractivity contribution >= 4 is 5.97 Å². The van der Waals surface area contributed by atoms with Crippen molar-refractivity contribution < 1.29 is 19.4 Å². The van der Waals surface area contributed by atoms with Gasteiger partial charge < -0.3 is 14.6 Å². The summed E-state index contributed by atoms with van der Waals surface area (Å²) in [5, 5.41) is 9.30. The smallest absolute Gasteiger partial charge is 0.314 e. The number of carbonyl (C=O) groups is 1. The molecule has 2 rings (SSSR count). The Balaban J connectivity index is 2.54. The maximum absolute atomic E-state index is 11.3. The molecule has 1 N–H and O–H groups in total. The molecule has 1 aliphatic carbocycles. The van der Waals surface area contributed by atoms with E-state index < -0.39 is 11.4 Å². The van der Waals surface area contributed by atoms with Crippen molar-refractivity contribution in [2.45, 2.75) is 25.2 Å². The van der Waals surface area contributed by atoms with E-state index in [9.17, 15) is 9.90 Å². The Labute approximate surface area is 100 Å². The molecule has 0 bridgehead atoms. The molecule has 0 saturated heterocycles. The second-order valence-electron chi connectivity index (χ2n) is 4.36. The Morgan fingerprint density at radius 1 is 1.29 bits per heavy atom. The van der Waals surface area contributed by atoms with Crippen LogP contribution in [0.15, 0.2) is 12.1 Å². The van der Waals surface area contributed by atoms with Gasteiger partial charge in [0.2, 0.25) is 0 Å². The number of rotatable bonds is 4. The predicted octanol–water partition coefficient (Wildman–Crippen LogP) is 2.13. The molecule has 17 heavy (non-hydrogen) atoms. The van der Waals surface area contributed by atoms with Crippen LogP contribution in [0.25, 0.3) is 0 Å². The molecule has 0 unspecified atom stereocenters. The van der Waals surface area contributed by atoms with Gasteiger partial charge in [-0.2, -0.15) is 0 Å². The van der Waals surface area contributed by atoms with Crippen LogP contribution in [-0.2, 0) is 10.2 Å². The van der Waals surface area contributed by atoms with Crippen LogP contribution in [0.1, 0.15) is 24.0 Å². The third kappa shape index (κ3) is 1.64. The summed E-state index contributed by atoms with van der Waals surface area (Å²) in [6.45, 7) is 1.87. The van der Waals surface area contributed by atoms with Gasteiger partial charge in [0.1, 0.15) is 0 Å². The van der Waals surface area contributed by atoms with Crippen molar-refractivity contribution in [3.05, 3.63) is 23.3 Å². The SMILES string of the molecule is COc1ccc(C2(C(=O)O)CC2)c(C)c1OC. The molecule has 1 aliphatic rings. The van der Waals surface area contributed by atoms with E-state index in [0.717, 1.165) is 11.1 Å². The molecule has 4 heteroatoms. The first-order valence-electron chi connectivity index (χ1n) is 5.52. The summed E-state index contributed by atoms with van der Waals surface area (Å²) in [6.07, 6.45) is 1.39. The van der Waals surface area contributed by atoms with Gasteiger partial charge in [-0.25, -0.2) is 0 Å². The van der Waals surface area contributed by atoms with Crippen LogP contribution < -0.4 is 9.47 Å². The van der Waals surface area contributed by atoms with Gasteiger partial charge in [-0.3, -0.25) is 4.79 Å². The highest BCUT2D eigenvalue weighted by Gasteiger charge is 2.52. The topological polar surface area (TPSA) is 55.8 Å². The van der Waals surface area contributed by atoms with Crippen molar-refractivity contribution in [3.8, 4) is 11.5 Å². The van der Waals surface area contributed by atoms with Gasteiger partial charge in [0.25, 0.3) is 0 Å². The Hall–Kier alpha value is -1.71. The zero-order chi connectivity index (χ0) is 12.6. The molecule has 0 aliphatic heterocycles. The summed E-state index contributed by atoms with van der Waals surface area (Å²) >= 11 is 0. The lowest BCUT2D eigenvalue weighted by Gasteiger charge is -2.18. The highest BCUT2D eigenvalue weighted by atomic mass is 16.5. The molecule has 0 amide bonds. The minimum absolute atomic E-state index is 0.623. The largest absolute Gasteiger partial charge is 0.493 e. The van der Waals surface area contributed by atoms with Crippen molar-refractivity contribution in [1.29, 1.82) is 0 Å². The molecule has 1 fully saturated rings. The molecule has 1 saturated carbocycles. The fourth-order valence-corrected chi connectivity index (χ4v) is 2.32. The standard InChI is InChI=1S/C13H16O4/c1-8-9(13(6-7-13)12(14)15)4-5-10(16-2)11(8)17-3/h4-5H,6-7H2,1-3H3,(H,14,15). The maximum Gasteiger partial charge on any atom is 0.314 e. The van der Waals surface area contributed by atoms with Crippen LogP contribution in [-0.4, -0.2) is 25.3 Å². The molecule has 1 aromatic rings. The molecule has 0 atom stereocenters. The minimum Gasteiger partial charge on any atom is -0.493 e. The Morgan fingerprint density at radius 3 is 2.35 bits per heavy atom. The van der Waals surface area contributed by atoms with E-state index in [0.29, 0.717) is 24.3 Å². The van der Waals surface area contributed by atoms with Gasteiger partial charge in [-0.15, -0.1) is 0 Å². The Morgan fingerprint density at radius 2 is 1.94 bits per heavy atom. The van der Waals surface area contributed by atoms with Crippen molar-refractivity contribution in [2.24, 2.45) is 0 Å². The van der Waals surface area contributed by atoms with E-state index in [1.807, 2.05) is 13.0 Å². The van der Waals surface area contributed by atoms with Gasteiger partial charge in [-0.05, 0) is 37.0 Å². The average molecular weight is 236 g/mol. The molecule has 0 spiro atoms. The van der Waals surface area contributed by atoms with Crippen molar-refractivity contribution in [2.75, 3.05) is 14.2 Å². The van der Waals surface area contributed by atoms with E-state index in [1.165, 1.54) is 0 Å². The second kappa shape index (κ2) is 3.95. The first-order valence-corrected chi connectivity index (χ1v) is 5.52. The summed E-state index contributed by atoms with van der Waals surface area (Å²) in [5.41, 5.74) is 0.985. The van der Waals surface area contributed by atoms with E-state index in [-0.39, 0.29) is 0 Å². The molecule has 92 valence electrons. The lowest BCUT2D eigenvalue weighted by molar-refractivity contribution is -0.140. The summed E-state index contributed by atoms with van der Waals surface area (Å²) in [6, 6.07) is 3.60. The number of carboxylic acids is 1. The lowest BCUT2D eigenvalue weighted by atomic mass is 9.91. The van der Waals surface area contributed by atoms with Crippen LogP contribution in [0.4, 0.5) is 0 Å². The first-order chi connectivity index (χ1) is 8.06. The van der Waals surface area contributed by atoms with E-state index in [4.69, 9.17) is 9.47 Å². The number of ether oxygens (including phenoxy) is 2. The average Bonchev–Trinajstić information content (AvgIpc) is 3.09. The fraction of sp³-hybridized carbons (Fsp3) is 0.462. The van der Waals surface area contributed by atoms with Gasteiger partial charge in [0.15, 0.2) is 11.5 Å². The van der Waals surface area contributed by atoms with E-state index in [2.05, 4.69) is 0 Å². The van der Waals surface area contributed by atoms with Gasteiger partial charge in [0, 0.05) is 0 Å².